The van der Waals surface area contributed by atoms with Crippen LogP contribution in [-0.2, 0) is 11.2 Å². The number of hydrogen-bond donors (Lipinski definition) is 3. The lowest BCUT2D eigenvalue weighted by molar-refractivity contribution is -0.130. The van der Waals surface area contributed by atoms with Crippen LogP contribution in [0.4, 0.5) is 0 Å². The van der Waals surface area contributed by atoms with Crippen molar-refractivity contribution in [1.29, 1.82) is 0 Å². The number of rotatable bonds is 8. The third-order valence-corrected chi connectivity index (χ3v) is 7.30. The quantitative estimate of drug-likeness (QED) is 0.400. The zero-order valence-electron chi connectivity index (χ0n) is 20.0. The summed E-state index contributed by atoms with van der Waals surface area (Å²) in [6.07, 6.45) is 7.17. The summed E-state index contributed by atoms with van der Waals surface area (Å²) in [5.41, 5.74) is 10.4. The topological polar surface area (TPSA) is 109 Å². The molecule has 1 aliphatic rings. The maximum Gasteiger partial charge on any atom is 0.335 e. The van der Waals surface area contributed by atoms with Gasteiger partial charge in [0.15, 0.2) is 0 Å². The number of nitrogens with zero attached hydrogens (tertiary/aromatic N) is 2. The number of carboxylic acids is 1. The Kier molecular flexibility index (Phi) is 7.51. The number of aryl methyl sites for hydroxylation is 2. The Morgan fingerprint density at radius 3 is 2.83 bits per heavy atom. The summed E-state index contributed by atoms with van der Waals surface area (Å²) in [5, 5.41) is 13.8. The van der Waals surface area contributed by atoms with E-state index in [1.807, 2.05) is 24.0 Å². The predicted octanol–water partition coefficient (Wildman–Crippen LogP) is 4.56. The number of pyridine rings is 1. The summed E-state index contributed by atoms with van der Waals surface area (Å²) >= 11 is 1.57. The Bertz CT molecular complexity index is 1330. The normalized spacial score (nSPS) is 13.9. The van der Waals surface area contributed by atoms with Crippen LogP contribution in [0.15, 0.2) is 48.8 Å². The number of thiophene rings is 1. The highest BCUT2D eigenvalue weighted by Crippen LogP contribution is 2.39. The van der Waals surface area contributed by atoms with Gasteiger partial charge in [-0.2, -0.15) is 0 Å². The van der Waals surface area contributed by atoms with Gasteiger partial charge in [0.1, 0.15) is 0 Å². The van der Waals surface area contributed by atoms with Gasteiger partial charge in [-0.05, 0) is 55.2 Å². The van der Waals surface area contributed by atoms with Crippen LogP contribution in [0.3, 0.4) is 0 Å². The van der Waals surface area contributed by atoms with E-state index < -0.39 is 5.97 Å². The zero-order chi connectivity index (χ0) is 24.9. The molecule has 35 heavy (non-hydrogen) atoms. The van der Waals surface area contributed by atoms with Gasteiger partial charge in [0, 0.05) is 70.4 Å². The van der Waals surface area contributed by atoms with E-state index >= 15 is 0 Å². The van der Waals surface area contributed by atoms with E-state index in [9.17, 15) is 14.7 Å². The van der Waals surface area contributed by atoms with Crippen molar-refractivity contribution in [2.45, 2.75) is 33.1 Å². The molecule has 3 aromatic rings. The Labute approximate surface area is 209 Å². The van der Waals surface area contributed by atoms with Gasteiger partial charge in [-0.25, -0.2) is 4.79 Å². The first kappa shape index (κ1) is 24.5. The molecule has 1 amide bonds. The predicted molar refractivity (Wildman–Crippen MR) is 141 cm³/mol. The molecule has 2 aromatic heterocycles. The minimum absolute atomic E-state index is 0.0989. The van der Waals surface area contributed by atoms with Gasteiger partial charge in [0.2, 0.25) is 5.91 Å². The maximum atomic E-state index is 12.7. The van der Waals surface area contributed by atoms with Crippen molar-refractivity contribution in [2.75, 3.05) is 19.6 Å². The number of benzene rings is 1. The molecular weight excluding hydrogens is 460 g/mol. The molecule has 4 rings (SSSR count). The Hall–Kier alpha value is -3.65. The first-order valence-corrected chi connectivity index (χ1v) is 12.6. The van der Waals surface area contributed by atoms with Crippen LogP contribution >= 0.6 is 11.3 Å². The number of amides is 1. The number of fused-ring (bicyclic) bond motifs is 1. The highest BCUT2D eigenvalue weighted by atomic mass is 32.1. The largest absolute Gasteiger partial charge is 0.478 e. The molecular formula is C27H30N4O3S. The molecule has 8 heteroatoms. The van der Waals surface area contributed by atoms with E-state index in [0.29, 0.717) is 26.1 Å². The van der Waals surface area contributed by atoms with Gasteiger partial charge in [-0.1, -0.05) is 19.1 Å². The van der Waals surface area contributed by atoms with Crippen LogP contribution in [0.5, 0.6) is 0 Å². The van der Waals surface area contributed by atoms with Crippen molar-refractivity contribution in [3.8, 4) is 11.1 Å². The summed E-state index contributed by atoms with van der Waals surface area (Å²) in [7, 11) is 0. The number of nitrogens with two attached hydrogens (primary N) is 1. The molecule has 0 fully saturated rings. The summed E-state index contributed by atoms with van der Waals surface area (Å²) in [6, 6.07) is 9.62. The summed E-state index contributed by atoms with van der Waals surface area (Å²) in [4.78, 5) is 32.2. The van der Waals surface area contributed by atoms with Gasteiger partial charge < -0.3 is 21.1 Å². The standard InChI is InChI=1S/C27H30N4O3S/c1-3-23-20(7-6-17(2)30-23)21-13-19(27(33)34)14-25-22(21)15-24(35-25)18-5-4-12-31(16-18)26(32)8-10-29-11-9-28/h5-7,9,11,13-15,29H,3-4,8,10,12,16,28H2,1-2H3,(H,33,34)/b11-9-. The fraction of sp³-hybridized carbons (Fsp3) is 0.296. The smallest absolute Gasteiger partial charge is 0.335 e. The van der Waals surface area contributed by atoms with Gasteiger partial charge in [-0.15, -0.1) is 11.3 Å². The third kappa shape index (κ3) is 5.38. The van der Waals surface area contributed by atoms with E-state index in [4.69, 9.17) is 10.7 Å². The van der Waals surface area contributed by atoms with Crippen molar-refractivity contribution in [1.82, 2.24) is 15.2 Å². The molecule has 0 atom stereocenters. The molecule has 7 nitrogen and oxygen atoms in total. The van der Waals surface area contributed by atoms with Crippen molar-refractivity contribution >= 4 is 38.9 Å². The molecule has 0 unspecified atom stereocenters. The van der Waals surface area contributed by atoms with E-state index in [1.165, 1.54) is 6.20 Å². The second-order valence-electron chi connectivity index (χ2n) is 8.55. The number of aromatic nitrogens is 1. The first-order chi connectivity index (χ1) is 16.9. The van der Waals surface area contributed by atoms with E-state index in [1.54, 1.807) is 29.7 Å². The average molecular weight is 491 g/mol. The average Bonchev–Trinajstić information content (AvgIpc) is 3.30. The molecule has 0 spiro atoms. The Balaban J connectivity index is 1.69. The fourth-order valence-electron chi connectivity index (χ4n) is 4.39. The molecule has 0 aliphatic carbocycles. The lowest BCUT2D eigenvalue weighted by Crippen LogP contribution is -2.36. The van der Waals surface area contributed by atoms with E-state index in [2.05, 4.69) is 24.4 Å². The Morgan fingerprint density at radius 2 is 2.09 bits per heavy atom. The molecule has 1 aliphatic heterocycles. The monoisotopic (exact) mass is 490 g/mol. The maximum absolute atomic E-state index is 12.7. The summed E-state index contributed by atoms with van der Waals surface area (Å²) in [6.45, 7) is 5.80. The number of aromatic carboxylic acids is 1. The van der Waals surface area contributed by atoms with Gasteiger partial charge in [0.25, 0.3) is 0 Å². The molecule has 0 saturated carbocycles. The van der Waals surface area contributed by atoms with Crippen molar-refractivity contribution in [3.05, 3.63) is 70.6 Å². The lowest BCUT2D eigenvalue weighted by Gasteiger charge is -2.27. The molecule has 4 N–H and O–H groups in total. The van der Waals surface area contributed by atoms with Crippen LogP contribution < -0.4 is 11.1 Å². The molecule has 182 valence electrons. The Morgan fingerprint density at radius 1 is 1.26 bits per heavy atom. The van der Waals surface area contributed by atoms with Crippen LogP contribution in [-0.4, -0.2) is 46.5 Å². The second-order valence-corrected chi connectivity index (χ2v) is 9.63. The van der Waals surface area contributed by atoms with Gasteiger partial charge in [-0.3, -0.25) is 9.78 Å². The van der Waals surface area contributed by atoms with Crippen molar-refractivity contribution in [3.63, 3.8) is 0 Å². The van der Waals surface area contributed by atoms with Crippen LogP contribution in [0, 0.1) is 6.92 Å². The van der Waals surface area contributed by atoms with Crippen molar-refractivity contribution in [2.24, 2.45) is 5.73 Å². The van der Waals surface area contributed by atoms with E-state index in [-0.39, 0.29) is 11.5 Å². The fourth-order valence-corrected chi connectivity index (χ4v) is 5.55. The zero-order valence-corrected chi connectivity index (χ0v) is 20.8. The van der Waals surface area contributed by atoms with Crippen LogP contribution in [0.25, 0.3) is 26.8 Å². The van der Waals surface area contributed by atoms with Gasteiger partial charge >= 0.3 is 5.97 Å². The number of hydrogen-bond acceptors (Lipinski definition) is 6. The summed E-state index contributed by atoms with van der Waals surface area (Å²) in [5.74, 6) is -0.852. The molecule has 0 radical (unpaired) electrons. The minimum atomic E-state index is -0.951. The highest BCUT2D eigenvalue weighted by molar-refractivity contribution is 7.20. The third-order valence-electron chi connectivity index (χ3n) is 6.14. The molecule has 1 aromatic carbocycles. The summed E-state index contributed by atoms with van der Waals surface area (Å²) < 4.78 is 0.916. The number of carbonyl (C=O) groups is 2. The van der Waals surface area contributed by atoms with Crippen LogP contribution in [0.1, 0.15) is 46.4 Å². The number of nitrogens with one attached hydrogen (secondary N) is 1. The molecule has 0 saturated heterocycles. The van der Waals surface area contributed by atoms with Gasteiger partial charge in [0.05, 0.1) is 5.56 Å². The minimum Gasteiger partial charge on any atom is -0.478 e. The highest BCUT2D eigenvalue weighted by Gasteiger charge is 2.22. The van der Waals surface area contributed by atoms with E-state index in [0.717, 1.165) is 55.9 Å². The lowest BCUT2D eigenvalue weighted by atomic mass is 9.96. The number of carbonyl (C=O) groups excluding carboxylic acids is 1. The molecule has 0 bridgehead atoms. The second kappa shape index (κ2) is 10.7. The number of carboxylic acid groups (broad SMARTS) is 1. The SMILES string of the molecule is CCc1nc(C)ccc1-c1cc(C(=O)O)cc2sc(C3=CCCN(C(=O)CCN/C=C\N)C3)cc12. The first-order valence-electron chi connectivity index (χ1n) is 11.8. The van der Waals surface area contributed by atoms with Crippen LogP contribution in [0.2, 0.25) is 0 Å². The molecule has 3 heterocycles. The van der Waals surface area contributed by atoms with Crippen molar-refractivity contribution < 1.29 is 14.7 Å².